The molecule has 0 aliphatic carbocycles. The summed E-state index contributed by atoms with van der Waals surface area (Å²) in [5.41, 5.74) is 8.79. The van der Waals surface area contributed by atoms with Crippen molar-refractivity contribution in [1.29, 1.82) is 0 Å². The van der Waals surface area contributed by atoms with Gasteiger partial charge in [-0.2, -0.15) is 0 Å². The van der Waals surface area contributed by atoms with Gasteiger partial charge in [0.1, 0.15) is 0 Å². The molecule has 1 fully saturated rings. The van der Waals surface area contributed by atoms with Gasteiger partial charge < -0.3 is 15.5 Å². The minimum absolute atomic E-state index is 0. The molecule has 2 heterocycles. The number of nitrogens with zero attached hydrogens (tertiary/aromatic N) is 4. The molecule has 0 spiro atoms. The van der Waals surface area contributed by atoms with E-state index in [2.05, 4.69) is 26.8 Å². The summed E-state index contributed by atoms with van der Waals surface area (Å²) in [4.78, 5) is 13.7. The molecule has 102 valence electrons. The van der Waals surface area contributed by atoms with Crippen LogP contribution in [0.1, 0.15) is 17.0 Å². The van der Waals surface area contributed by atoms with Crippen LogP contribution in [-0.2, 0) is 6.54 Å². The van der Waals surface area contributed by atoms with Crippen LogP contribution >= 0.6 is 12.4 Å². The van der Waals surface area contributed by atoms with Gasteiger partial charge in [0.05, 0.1) is 0 Å². The molecule has 0 atom stereocenters. The highest BCUT2D eigenvalue weighted by Crippen LogP contribution is 2.16. The van der Waals surface area contributed by atoms with Crippen molar-refractivity contribution in [2.75, 3.05) is 38.1 Å². The van der Waals surface area contributed by atoms with Gasteiger partial charge in [0.2, 0.25) is 5.95 Å². The van der Waals surface area contributed by atoms with Crippen molar-refractivity contribution in [3.8, 4) is 0 Å². The van der Waals surface area contributed by atoms with Gasteiger partial charge in [0.15, 0.2) is 0 Å². The lowest BCUT2D eigenvalue weighted by atomic mass is 10.2. The van der Waals surface area contributed by atoms with Crippen molar-refractivity contribution >= 4 is 18.4 Å². The molecule has 0 bridgehead atoms. The summed E-state index contributed by atoms with van der Waals surface area (Å²) in [5.74, 6) is 0.852. The third kappa shape index (κ3) is 3.10. The first-order valence-electron chi connectivity index (χ1n) is 6.09. The predicted octanol–water partition coefficient (Wildman–Crippen LogP) is 0.726. The molecule has 1 aliphatic rings. The van der Waals surface area contributed by atoms with Crippen LogP contribution in [0.4, 0.5) is 5.95 Å². The number of nitrogens with two attached hydrogens (primary N) is 1. The quantitative estimate of drug-likeness (QED) is 0.859. The van der Waals surface area contributed by atoms with Crippen LogP contribution in [0.3, 0.4) is 0 Å². The van der Waals surface area contributed by atoms with E-state index in [1.807, 2.05) is 13.8 Å². The van der Waals surface area contributed by atoms with Crippen molar-refractivity contribution in [2.45, 2.75) is 20.4 Å². The van der Waals surface area contributed by atoms with Gasteiger partial charge in [-0.3, -0.25) is 0 Å². The van der Waals surface area contributed by atoms with E-state index in [9.17, 15) is 0 Å². The molecule has 0 radical (unpaired) electrons. The second kappa shape index (κ2) is 6.31. The lowest BCUT2D eigenvalue weighted by Gasteiger charge is -2.32. The van der Waals surface area contributed by atoms with Crippen LogP contribution in [0.25, 0.3) is 0 Å². The average Bonchev–Trinajstić information content (AvgIpc) is 2.29. The fourth-order valence-corrected chi connectivity index (χ4v) is 2.17. The van der Waals surface area contributed by atoms with Crippen LogP contribution in [0, 0.1) is 13.8 Å². The van der Waals surface area contributed by atoms with Crippen LogP contribution in [0.15, 0.2) is 0 Å². The second-order valence-electron chi connectivity index (χ2n) is 4.67. The summed E-state index contributed by atoms with van der Waals surface area (Å²) in [6.45, 7) is 8.67. The summed E-state index contributed by atoms with van der Waals surface area (Å²) in [7, 11) is 2.15. The van der Waals surface area contributed by atoms with Crippen LogP contribution in [0.2, 0.25) is 0 Å². The highest BCUT2D eigenvalue weighted by molar-refractivity contribution is 5.85. The van der Waals surface area contributed by atoms with Gasteiger partial charge in [-0.15, -0.1) is 12.4 Å². The SMILES string of the molecule is Cc1nc(N2CCN(C)CC2)nc(C)c1CN.Cl. The second-order valence-corrected chi connectivity index (χ2v) is 4.67. The number of hydrogen-bond donors (Lipinski definition) is 1. The molecule has 1 aliphatic heterocycles. The smallest absolute Gasteiger partial charge is 0.225 e. The van der Waals surface area contributed by atoms with Crippen molar-refractivity contribution in [1.82, 2.24) is 14.9 Å². The minimum atomic E-state index is 0. The zero-order valence-electron chi connectivity index (χ0n) is 11.3. The molecule has 0 unspecified atom stereocenters. The molecule has 1 saturated heterocycles. The molecule has 1 aromatic heterocycles. The lowest BCUT2D eigenvalue weighted by Crippen LogP contribution is -2.45. The van der Waals surface area contributed by atoms with E-state index in [-0.39, 0.29) is 12.4 Å². The molecular formula is C12H22ClN5. The maximum Gasteiger partial charge on any atom is 0.225 e. The summed E-state index contributed by atoms with van der Waals surface area (Å²) in [6, 6.07) is 0. The third-order valence-electron chi connectivity index (χ3n) is 3.40. The van der Waals surface area contributed by atoms with Crippen molar-refractivity contribution in [3.05, 3.63) is 17.0 Å². The number of rotatable bonds is 2. The minimum Gasteiger partial charge on any atom is -0.338 e. The largest absolute Gasteiger partial charge is 0.338 e. The molecular weight excluding hydrogens is 250 g/mol. The molecule has 6 heteroatoms. The molecule has 0 amide bonds. The molecule has 5 nitrogen and oxygen atoms in total. The van der Waals surface area contributed by atoms with Crippen LogP contribution in [-0.4, -0.2) is 48.1 Å². The Kier molecular flexibility index (Phi) is 5.31. The molecule has 2 rings (SSSR count). The summed E-state index contributed by atoms with van der Waals surface area (Å²) < 4.78 is 0. The van der Waals surface area contributed by atoms with Crippen molar-refractivity contribution in [3.63, 3.8) is 0 Å². The first-order chi connectivity index (χ1) is 8.11. The molecule has 18 heavy (non-hydrogen) atoms. The summed E-state index contributed by atoms with van der Waals surface area (Å²) in [6.07, 6.45) is 0. The number of anilines is 1. The van der Waals surface area contributed by atoms with Gasteiger partial charge in [-0.25, -0.2) is 9.97 Å². The number of aryl methyl sites for hydroxylation is 2. The zero-order chi connectivity index (χ0) is 12.4. The molecule has 0 aromatic carbocycles. The first-order valence-corrected chi connectivity index (χ1v) is 6.09. The molecule has 2 N–H and O–H groups in total. The topological polar surface area (TPSA) is 58.3 Å². The van der Waals surface area contributed by atoms with Crippen molar-refractivity contribution in [2.24, 2.45) is 5.73 Å². The van der Waals surface area contributed by atoms with E-state index < -0.39 is 0 Å². The Labute approximate surface area is 115 Å². The normalized spacial score (nSPS) is 16.6. The highest BCUT2D eigenvalue weighted by Gasteiger charge is 2.18. The molecule has 0 saturated carbocycles. The Morgan fingerprint density at radius 3 is 2.00 bits per heavy atom. The predicted molar refractivity (Wildman–Crippen MR) is 76.4 cm³/mol. The Bertz CT molecular complexity index is 378. The van der Waals surface area contributed by atoms with E-state index >= 15 is 0 Å². The number of likely N-dealkylation sites (N-methyl/N-ethyl adjacent to an activating group) is 1. The van der Waals surface area contributed by atoms with Gasteiger partial charge in [0, 0.05) is 49.7 Å². The molecule has 1 aromatic rings. The van der Waals surface area contributed by atoms with Crippen molar-refractivity contribution < 1.29 is 0 Å². The first kappa shape index (κ1) is 15.1. The van der Waals surface area contributed by atoms with Gasteiger partial charge in [0.25, 0.3) is 0 Å². The van der Waals surface area contributed by atoms with E-state index in [1.54, 1.807) is 0 Å². The van der Waals surface area contributed by atoms with E-state index in [4.69, 9.17) is 5.73 Å². The fraction of sp³-hybridized carbons (Fsp3) is 0.667. The van der Waals surface area contributed by atoms with Gasteiger partial charge in [-0.05, 0) is 20.9 Å². The average molecular weight is 272 g/mol. The number of aromatic nitrogens is 2. The number of hydrogen-bond acceptors (Lipinski definition) is 5. The van der Waals surface area contributed by atoms with Crippen LogP contribution < -0.4 is 10.6 Å². The Morgan fingerprint density at radius 2 is 1.56 bits per heavy atom. The van der Waals surface area contributed by atoms with E-state index in [1.165, 1.54) is 0 Å². The maximum absolute atomic E-state index is 5.70. The maximum atomic E-state index is 5.70. The van der Waals surface area contributed by atoms with E-state index in [0.717, 1.165) is 49.1 Å². The summed E-state index contributed by atoms with van der Waals surface area (Å²) >= 11 is 0. The Balaban J connectivity index is 0.00000162. The summed E-state index contributed by atoms with van der Waals surface area (Å²) in [5, 5.41) is 0. The lowest BCUT2D eigenvalue weighted by molar-refractivity contribution is 0.311. The van der Waals surface area contributed by atoms with Gasteiger partial charge in [-0.1, -0.05) is 0 Å². The monoisotopic (exact) mass is 271 g/mol. The Hall–Kier alpha value is -0.910. The fourth-order valence-electron chi connectivity index (χ4n) is 2.17. The van der Waals surface area contributed by atoms with Crippen LogP contribution in [0.5, 0.6) is 0 Å². The zero-order valence-corrected chi connectivity index (χ0v) is 12.1. The highest BCUT2D eigenvalue weighted by atomic mass is 35.5. The number of piperazine rings is 1. The third-order valence-corrected chi connectivity index (χ3v) is 3.40. The standard InChI is InChI=1S/C12H21N5.ClH/c1-9-11(8-13)10(2)15-12(14-9)17-6-4-16(3)5-7-17;/h4-8,13H2,1-3H3;1H. The number of halogens is 1. The van der Waals surface area contributed by atoms with Gasteiger partial charge >= 0.3 is 0 Å². The Morgan fingerprint density at radius 1 is 1.06 bits per heavy atom. The van der Waals surface area contributed by atoms with E-state index in [0.29, 0.717) is 6.54 Å².